The van der Waals surface area contributed by atoms with Crippen molar-refractivity contribution in [3.05, 3.63) is 0 Å². The van der Waals surface area contributed by atoms with Crippen LogP contribution in [0.3, 0.4) is 0 Å². The van der Waals surface area contributed by atoms with Crippen LogP contribution in [0.2, 0.25) is 0 Å². The third kappa shape index (κ3) is 3.45. The van der Waals surface area contributed by atoms with E-state index in [0.717, 1.165) is 0 Å². The number of rotatable bonds is 4. The number of hydrogen-bond donors (Lipinski definition) is 2. The number of carboxylic acid groups (broad SMARTS) is 1. The van der Waals surface area contributed by atoms with Crippen molar-refractivity contribution in [1.82, 2.24) is 0 Å². The largest absolute Gasteiger partial charge is 0.481 e. The Morgan fingerprint density at radius 1 is 1.50 bits per heavy atom. The average Bonchev–Trinajstić information content (AvgIpc) is 1.81. The fourth-order valence-corrected chi connectivity index (χ4v) is 0.822. The van der Waals surface area contributed by atoms with Crippen molar-refractivity contribution in [1.29, 1.82) is 0 Å². The van der Waals surface area contributed by atoms with E-state index in [1.54, 1.807) is 0 Å². The van der Waals surface area contributed by atoms with Gasteiger partial charge in [0.1, 0.15) is 0 Å². The Morgan fingerprint density at radius 3 is 2.10 bits per heavy atom. The van der Waals surface area contributed by atoms with Gasteiger partial charge < -0.3 is 10.2 Å². The summed E-state index contributed by atoms with van der Waals surface area (Å²) in [6.07, 6.45) is 0.547. The number of aliphatic hydroxyl groups excluding tert-OH is 1. The second-order valence-corrected chi connectivity index (χ2v) is 2.85. The average molecular weight is 146 g/mol. The molecule has 0 saturated heterocycles. The standard InChI is InChI=1S/C7H14O3/c1-5(2)3-6(4-8)7(9)10/h5-6,8H,3-4H2,1-2H3,(H,9,10). The summed E-state index contributed by atoms with van der Waals surface area (Å²) in [5.74, 6) is -1.16. The molecule has 0 fully saturated rings. The predicted octanol–water partition coefficient (Wildman–Crippen LogP) is 0.726. The first-order valence-corrected chi connectivity index (χ1v) is 3.41. The smallest absolute Gasteiger partial charge is 0.308 e. The van der Waals surface area contributed by atoms with Gasteiger partial charge in [-0.3, -0.25) is 4.79 Å². The monoisotopic (exact) mass is 146 g/mol. The molecule has 3 nitrogen and oxygen atoms in total. The van der Waals surface area contributed by atoms with Crippen molar-refractivity contribution in [2.45, 2.75) is 20.3 Å². The number of aliphatic carboxylic acids is 1. The highest BCUT2D eigenvalue weighted by Crippen LogP contribution is 2.10. The van der Waals surface area contributed by atoms with Crippen molar-refractivity contribution >= 4 is 5.97 Å². The van der Waals surface area contributed by atoms with Gasteiger partial charge in [0.05, 0.1) is 12.5 Å². The zero-order chi connectivity index (χ0) is 8.15. The van der Waals surface area contributed by atoms with Crippen LogP contribution in [0.4, 0.5) is 0 Å². The first-order valence-electron chi connectivity index (χ1n) is 3.41. The lowest BCUT2D eigenvalue weighted by molar-refractivity contribution is -0.143. The van der Waals surface area contributed by atoms with E-state index in [1.165, 1.54) is 0 Å². The molecule has 0 spiro atoms. The van der Waals surface area contributed by atoms with Crippen LogP contribution in [0.15, 0.2) is 0 Å². The molecule has 0 aliphatic rings. The maximum Gasteiger partial charge on any atom is 0.308 e. The highest BCUT2D eigenvalue weighted by molar-refractivity contribution is 5.70. The van der Waals surface area contributed by atoms with Gasteiger partial charge in [-0.2, -0.15) is 0 Å². The highest BCUT2D eigenvalue weighted by Gasteiger charge is 2.16. The van der Waals surface area contributed by atoms with Crippen LogP contribution in [0.1, 0.15) is 20.3 Å². The van der Waals surface area contributed by atoms with E-state index < -0.39 is 11.9 Å². The third-order valence-corrected chi connectivity index (χ3v) is 1.33. The second kappa shape index (κ2) is 4.28. The quantitative estimate of drug-likeness (QED) is 0.614. The van der Waals surface area contributed by atoms with Gasteiger partial charge in [0.2, 0.25) is 0 Å². The first-order chi connectivity index (χ1) is 4.57. The molecule has 0 aliphatic carbocycles. The molecule has 10 heavy (non-hydrogen) atoms. The predicted molar refractivity (Wildman–Crippen MR) is 37.7 cm³/mol. The van der Waals surface area contributed by atoms with E-state index in [2.05, 4.69) is 0 Å². The Bertz CT molecular complexity index is 109. The van der Waals surface area contributed by atoms with Gasteiger partial charge >= 0.3 is 5.97 Å². The Kier molecular flexibility index (Phi) is 4.03. The molecular formula is C7H14O3. The van der Waals surface area contributed by atoms with Crippen LogP contribution in [0.25, 0.3) is 0 Å². The number of carbonyl (C=O) groups is 1. The summed E-state index contributed by atoms with van der Waals surface area (Å²) in [6, 6.07) is 0. The zero-order valence-corrected chi connectivity index (χ0v) is 6.37. The minimum atomic E-state index is -0.906. The van der Waals surface area contributed by atoms with Gasteiger partial charge in [-0.1, -0.05) is 13.8 Å². The molecule has 3 heteroatoms. The van der Waals surface area contributed by atoms with Gasteiger partial charge in [-0.25, -0.2) is 0 Å². The molecular weight excluding hydrogens is 132 g/mol. The summed E-state index contributed by atoms with van der Waals surface area (Å²) in [4.78, 5) is 10.3. The minimum Gasteiger partial charge on any atom is -0.481 e. The molecule has 0 rings (SSSR count). The van der Waals surface area contributed by atoms with Crippen LogP contribution in [0, 0.1) is 11.8 Å². The summed E-state index contributed by atoms with van der Waals surface area (Å²) in [7, 11) is 0. The van der Waals surface area contributed by atoms with E-state index in [-0.39, 0.29) is 6.61 Å². The summed E-state index contributed by atoms with van der Waals surface area (Å²) < 4.78 is 0. The molecule has 0 heterocycles. The minimum absolute atomic E-state index is 0.256. The molecule has 0 aromatic heterocycles. The molecule has 1 unspecified atom stereocenters. The molecule has 0 radical (unpaired) electrons. The van der Waals surface area contributed by atoms with Crippen LogP contribution in [-0.2, 0) is 4.79 Å². The van der Waals surface area contributed by atoms with Gasteiger partial charge in [0.25, 0.3) is 0 Å². The van der Waals surface area contributed by atoms with Gasteiger partial charge in [0, 0.05) is 0 Å². The summed E-state index contributed by atoms with van der Waals surface area (Å²) >= 11 is 0. The molecule has 0 amide bonds. The Labute approximate surface area is 60.7 Å². The molecule has 0 aliphatic heterocycles. The fraction of sp³-hybridized carbons (Fsp3) is 0.857. The molecule has 0 saturated carbocycles. The molecule has 2 N–H and O–H groups in total. The maximum atomic E-state index is 10.3. The topological polar surface area (TPSA) is 57.5 Å². The van der Waals surface area contributed by atoms with Crippen molar-refractivity contribution in [3.63, 3.8) is 0 Å². The summed E-state index contributed by atoms with van der Waals surface area (Å²) in [5, 5.41) is 17.0. The second-order valence-electron chi connectivity index (χ2n) is 2.85. The fourth-order valence-electron chi connectivity index (χ4n) is 0.822. The summed E-state index contributed by atoms with van der Waals surface area (Å²) in [6.45, 7) is 3.62. The van der Waals surface area contributed by atoms with Crippen molar-refractivity contribution in [3.8, 4) is 0 Å². The van der Waals surface area contributed by atoms with E-state index in [1.807, 2.05) is 13.8 Å². The van der Waals surface area contributed by atoms with Gasteiger partial charge in [0.15, 0.2) is 0 Å². The Hall–Kier alpha value is -0.570. The molecule has 0 bridgehead atoms. The van der Waals surface area contributed by atoms with E-state index >= 15 is 0 Å². The van der Waals surface area contributed by atoms with E-state index in [4.69, 9.17) is 10.2 Å². The lowest BCUT2D eigenvalue weighted by atomic mass is 9.98. The van der Waals surface area contributed by atoms with Crippen molar-refractivity contribution in [2.75, 3.05) is 6.61 Å². The van der Waals surface area contributed by atoms with E-state index in [9.17, 15) is 4.79 Å². The SMILES string of the molecule is CC(C)CC(CO)C(=O)O. The van der Waals surface area contributed by atoms with Gasteiger partial charge in [-0.05, 0) is 12.3 Å². The number of hydrogen-bond acceptors (Lipinski definition) is 2. The lowest BCUT2D eigenvalue weighted by Gasteiger charge is -2.10. The normalized spacial score (nSPS) is 13.6. The highest BCUT2D eigenvalue weighted by atomic mass is 16.4. The number of aliphatic hydroxyl groups is 1. The summed E-state index contributed by atoms with van der Waals surface area (Å²) in [5.41, 5.74) is 0. The first kappa shape index (κ1) is 9.43. The van der Waals surface area contributed by atoms with Crippen LogP contribution in [-0.4, -0.2) is 22.8 Å². The van der Waals surface area contributed by atoms with Crippen molar-refractivity contribution < 1.29 is 15.0 Å². The third-order valence-electron chi connectivity index (χ3n) is 1.33. The Balaban J connectivity index is 3.72. The number of carboxylic acids is 1. The van der Waals surface area contributed by atoms with Crippen LogP contribution >= 0.6 is 0 Å². The molecule has 60 valence electrons. The molecule has 1 atom stereocenters. The zero-order valence-electron chi connectivity index (χ0n) is 6.37. The van der Waals surface area contributed by atoms with Crippen LogP contribution < -0.4 is 0 Å². The maximum absolute atomic E-state index is 10.3. The van der Waals surface area contributed by atoms with Crippen molar-refractivity contribution in [2.24, 2.45) is 11.8 Å². The van der Waals surface area contributed by atoms with E-state index in [0.29, 0.717) is 12.3 Å². The Morgan fingerprint density at radius 2 is 2.00 bits per heavy atom. The van der Waals surface area contributed by atoms with Crippen LogP contribution in [0.5, 0.6) is 0 Å². The lowest BCUT2D eigenvalue weighted by Crippen LogP contribution is -2.19. The molecule has 0 aromatic carbocycles. The molecule has 0 aromatic rings. The van der Waals surface area contributed by atoms with Gasteiger partial charge in [-0.15, -0.1) is 0 Å².